The van der Waals surface area contributed by atoms with Crippen molar-refractivity contribution in [3.05, 3.63) is 52.0 Å². The summed E-state index contributed by atoms with van der Waals surface area (Å²) in [6.07, 6.45) is 1.14. The van der Waals surface area contributed by atoms with Crippen LogP contribution in [-0.2, 0) is 11.2 Å². The van der Waals surface area contributed by atoms with Gasteiger partial charge in [-0.1, -0.05) is 5.16 Å². The largest absolute Gasteiger partial charge is 0.365 e. The number of nitrogens with one attached hydrogen (secondary N) is 1. The number of nitrogens with two attached hydrogens (primary N) is 1. The normalized spacial score (nSPS) is 10.8. The molecule has 0 aliphatic carbocycles. The van der Waals surface area contributed by atoms with Crippen LogP contribution in [0.2, 0.25) is 0 Å². The van der Waals surface area contributed by atoms with Crippen LogP contribution in [0.15, 0.2) is 28.8 Å². The maximum Gasteiger partial charge on any atom is 0.251 e. The first-order valence-corrected chi connectivity index (χ1v) is 9.45. The van der Waals surface area contributed by atoms with E-state index in [0.717, 1.165) is 10.4 Å². The number of amides is 2. The van der Waals surface area contributed by atoms with E-state index in [1.54, 1.807) is 19.1 Å². The topological polar surface area (TPSA) is 111 Å². The molecule has 2 heterocycles. The van der Waals surface area contributed by atoms with Gasteiger partial charge in [0.25, 0.3) is 5.91 Å². The van der Waals surface area contributed by atoms with Crippen molar-refractivity contribution in [3.63, 3.8) is 0 Å². The number of hydrogen-bond donors (Lipinski definition) is 2. The van der Waals surface area contributed by atoms with Crippen LogP contribution in [0.3, 0.4) is 0 Å². The number of hydrogen-bond acceptors (Lipinski definition) is 6. The molecular formula is C19H19FN4O3S. The van der Waals surface area contributed by atoms with Gasteiger partial charge in [0.1, 0.15) is 10.8 Å². The number of benzene rings is 1. The Morgan fingerprint density at radius 2 is 1.96 bits per heavy atom. The van der Waals surface area contributed by atoms with Gasteiger partial charge in [-0.15, -0.1) is 11.3 Å². The second-order valence-corrected chi connectivity index (χ2v) is 7.50. The monoisotopic (exact) mass is 402 g/mol. The molecule has 3 aromatic rings. The summed E-state index contributed by atoms with van der Waals surface area (Å²) in [7, 11) is 0. The van der Waals surface area contributed by atoms with Gasteiger partial charge in [-0.3, -0.25) is 9.59 Å². The fourth-order valence-corrected chi connectivity index (χ4v) is 3.76. The Morgan fingerprint density at radius 1 is 1.25 bits per heavy atom. The summed E-state index contributed by atoms with van der Waals surface area (Å²) in [5.41, 5.74) is 7.20. The second kappa shape index (κ2) is 8.30. The number of halogens is 1. The van der Waals surface area contributed by atoms with Gasteiger partial charge in [-0.25, -0.2) is 4.39 Å². The number of carbonyl (C=O) groups is 2. The molecule has 7 nitrogen and oxygen atoms in total. The van der Waals surface area contributed by atoms with Gasteiger partial charge >= 0.3 is 0 Å². The minimum absolute atomic E-state index is 0.220. The highest BCUT2D eigenvalue weighted by molar-refractivity contribution is 7.16. The summed E-state index contributed by atoms with van der Waals surface area (Å²) in [4.78, 5) is 29.0. The first kappa shape index (κ1) is 19.7. The smallest absolute Gasteiger partial charge is 0.251 e. The van der Waals surface area contributed by atoms with E-state index in [-0.39, 0.29) is 18.1 Å². The molecule has 1 aromatic carbocycles. The highest BCUT2D eigenvalue weighted by atomic mass is 32.1. The van der Waals surface area contributed by atoms with Crippen molar-refractivity contribution < 1.29 is 18.5 Å². The number of primary amides is 1. The number of rotatable bonds is 7. The van der Waals surface area contributed by atoms with Gasteiger partial charge in [0.05, 0.1) is 5.56 Å². The first-order valence-electron chi connectivity index (χ1n) is 8.63. The van der Waals surface area contributed by atoms with Crippen LogP contribution < -0.4 is 11.1 Å². The molecule has 0 spiro atoms. The van der Waals surface area contributed by atoms with Crippen LogP contribution in [0, 0.1) is 19.7 Å². The zero-order chi connectivity index (χ0) is 20.3. The summed E-state index contributed by atoms with van der Waals surface area (Å²) in [5, 5.41) is 7.09. The van der Waals surface area contributed by atoms with Gasteiger partial charge in [0.15, 0.2) is 0 Å². The van der Waals surface area contributed by atoms with Crippen LogP contribution in [0.25, 0.3) is 11.4 Å². The molecule has 0 unspecified atom stereocenters. The minimum atomic E-state index is -0.559. The molecule has 2 aromatic heterocycles. The van der Waals surface area contributed by atoms with Gasteiger partial charge in [-0.2, -0.15) is 4.98 Å². The van der Waals surface area contributed by atoms with Crippen molar-refractivity contribution in [2.45, 2.75) is 33.1 Å². The van der Waals surface area contributed by atoms with E-state index < -0.39 is 5.91 Å². The Bertz CT molecular complexity index is 1010. The number of carbonyl (C=O) groups excluding carboxylic acids is 2. The lowest BCUT2D eigenvalue weighted by Gasteiger charge is -2.04. The van der Waals surface area contributed by atoms with E-state index in [0.29, 0.717) is 40.7 Å². The Morgan fingerprint density at radius 3 is 2.64 bits per heavy atom. The fourth-order valence-electron chi connectivity index (χ4n) is 2.67. The number of aryl methyl sites for hydroxylation is 2. The highest BCUT2D eigenvalue weighted by Gasteiger charge is 2.19. The Balaban J connectivity index is 1.54. The van der Waals surface area contributed by atoms with Crippen LogP contribution in [0.5, 0.6) is 0 Å². The Hall–Kier alpha value is -3.07. The average molecular weight is 402 g/mol. The third-order valence-electron chi connectivity index (χ3n) is 4.25. The lowest BCUT2D eigenvalue weighted by molar-refractivity contribution is -0.116. The van der Waals surface area contributed by atoms with E-state index in [4.69, 9.17) is 10.3 Å². The number of anilines is 1. The molecule has 0 bridgehead atoms. The SMILES string of the molecule is Cc1sc(NC(=O)CCCc2nc(-c3ccc(F)cc3)no2)c(C(N)=O)c1C. The van der Waals surface area contributed by atoms with Crippen LogP contribution in [-0.4, -0.2) is 22.0 Å². The van der Waals surface area contributed by atoms with E-state index in [1.165, 1.54) is 23.5 Å². The fraction of sp³-hybridized carbons (Fsp3) is 0.263. The molecule has 0 radical (unpaired) electrons. The number of thiophene rings is 1. The third-order valence-corrected chi connectivity index (χ3v) is 5.37. The van der Waals surface area contributed by atoms with E-state index in [9.17, 15) is 14.0 Å². The van der Waals surface area contributed by atoms with E-state index in [1.807, 2.05) is 6.92 Å². The van der Waals surface area contributed by atoms with Crippen molar-refractivity contribution in [1.29, 1.82) is 0 Å². The van der Waals surface area contributed by atoms with Gasteiger partial charge < -0.3 is 15.6 Å². The Kier molecular flexibility index (Phi) is 5.84. The van der Waals surface area contributed by atoms with Crippen molar-refractivity contribution >= 4 is 28.2 Å². The maximum absolute atomic E-state index is 13.0. The van der Waals surface area contributed by atoms with Crippen LogP contribution >= 0.6 is 11.3 Å². The molecule has 0 saturated carbocycles. The summed E-state index contributed by atoms with van der Waals surface area (Å²) in [5.74, 6) is -0.352. The maximum atomic E-state index is 13.0. The zero-order valence-corrected chi connectivity index (χ0v) is 16.2. The summed E-state index contributed by atoms with van der Waals surface area (Å²) >= 11 is 1.33. The Labute approximate surface area is 164 Å². The predicted octanol–water partition coefficient (Wildman–Crippen LogP) is 3.61. The van der Waals surface area contributed by atoms with Gasteiger partial charge in [0, 0.05) is 23.3 Å². The summed E-state index contributed by atoms with van der Waals surface area (Å²) in [6, 6.07) is 5.78. The van der Waals surface area contributed by atoms with Gasteiger partial charge in [-0.05, 0) is 50.1 Å². The molecule has 0 aliphatic rings. The number of aromatic nitrogens is 2. The third kappa shape index (κ3) is 4.42. The van der Waals surface area contributed by atoms with Crippen molar-refractivity contribution in [3.8, 4) is 11.4 Å². The van der Waals surface area contributed by atoms with Crippen molar-refractivity contribution in [2.75, 3.05) is 5.32 Å². The quantitative estimate of drug-likeness (QED) is 0.627. The zero-order valence-electron chi connectivity index (χ0n) is 15.4. The van der Waals surface area contributed by atoms with Gasteiger partial charge in [0.2, 0.25) is 17.6 Å². The molecule has 0 saturated heterocycles. The standard InChI is InChI=1S/C19H19FN4O3S/c1-10-11(2)28-19(16(10)17(21)26)22-14(25)4-3-5-15-23-18(24-27-15)12-6-8-13(20)9-7-12/h6-9H,3-5H2,1-2H3,(H2,21,26)(H,22,25). The first-order chi connectivity index (χ1) is 13.3. The average Bonchev–Trinajstić information content (AvgIpc) is 3.20. The molecule has 0 fully saturated rings. The van der Waals surface area contributed by atoms with Crippen LogP contribution in [0.1, 0.15) is 39.5 Å². The van der Waals surface area contributed by atoms with E-state index in [2.05, 4.69) is 15.5 Å². The molecule has 146 valence electrons. The van der Waals surface area contributed by atoms with Crippen LogP contribution in [0.4, 0.5) is 9.39 Å². The lowest BCUT2D eigenvalue weighted by atomic mass is 10.1. The van der Waals surface area contributed by atoms with E-state index >= 15 is 0 Å². The van der Waals surface area contributed by atoms with Crippen molar-refractivity contribution in [1.82, 2.24) is 10.1 Å². The molecule has 28 heavy (non-hydrogen) atoms. The molecule has 2 amide bonds. The second-order valence-electron chi connectivity index (χ2n) is 6.27. The lowest BCUT2D eigenvalue weighted by Crippen LogP contribution is -2.17. The molecule has 3 N–H and O–H groups in total. The minimum Gasteiger partial charge on any atom is -0.365 e. The molecular weight excluding hydrogens is 383 g/mol. The highest BCUT2D eigenvalue weighted by Crippen LogP contribution is 2.32. The molecule has 0 aliphatic heterocycles. The number of nitrogens with zero attached hydrogens (tertiary/aromatic N) is 2. The summed E-state index contributed by atoms with van der Waals surface area (Å²) < 4.78 is 18.1. The molecule has 0 atom stereocenters. The van der Waals surface area contributed by atoms with Crippen molar-refractivity contribution in [2.24, 2.45) is 5.73 Å². The molecule has 3 rings (SSSR count). The molecule has 9 heteroatoms. The predicted molar refractivity (Wildman–Crippen MR) is 104 cm³/mol. The summed E-state index contributed by atoms with van der Waals surface area (Å²) in [6.45, 7) is 3.67.